The van der Waals surface area contributed by atoms with Gasteiger partial charge in [-0.25, -0.2) is 0 Å². The van der Waals surface area contributed by atoms with Crippen molar-refractivity contribution in [1.29, 1.82) is 5.26 Å². The molecule has 0 aliphatic carbocycles. The fraction of sp³-hybridized carbons (Fsp3) is 0.786. The van der Waals surface area contributed by atoms with E-state index in [1.807, 2.05) is 6.08 Å². The minimum absolute atomic E-state index is 0.549. The Morgan fingerprint density at radius 1 is 1.20 bits per heavy atom. The van der Waals surface area contributed by atoms with Gasteiger partial charge in [-0.1, -0.05) is 65.0 Å². The predicted octanol–water partition coefficient (Wildman–Crippen LogP) is 4.70. The SMILES string of the molecule is CCCCCCC(C)C(C)C=CCC#N. The van der Waals surface area contributed by atoms with Crippen LogP contribution in [0.5, 0.6) is 0 Å². The zero-order valence-electron chi connectivity index (χ0n) is 10.5. The van der Waals surface area contributed by atoms with Crippen LogP contribution in [0.3, 0.4) is 0 Å². The normalized spacial score (nSPS) is 15.1. The lowest BCUT2D eigenvalue weighted by molar-refractivity contribution is 0.406. The average Bonchev–Trinajstić information content (AvgIpc) is 2.24. The number of nitrogens with zero attached hydrogens (tertiary/aromatic N) is 1. The van der Waals surface area contributed by atoms with Gasteiger partial charge < -0.3 is 0 Å². The summed E-state index contributed by atoms with van der Waals surface area (Å²) in [6.07, 6.45) is 11.4. The number of unbranched alkanes of at least 4 members (excludes halogenated alkanes) is 3. The van der Waals surface area contributed by atoms with E-state index in [-0.39, 0.29) is 0 Å². The Bertz CT molecular complexity index is 200. The lowest BCUT2D eigenvalue weighted by Gasteiger charge is -2.16. The summed E-state index contributed by atoms with van der Waals surface area (Å²) in [5.74, 6) is 1.36. The van der Waals surface area contributed by atoms with Crippen LogP contribution in [0.4, 0.5) is 0 Å². The third kappa shape index (κ3) is 8.24. The van der Waals surface area contributed by atoms with Crippen LogP contribution >= 0.6 is 0 Å². The molecule has 0 aromatic carbocycles. The van der Waals surface area contributed by atoms with E-state index in [1.54, 1.807) is 0 Å². The first-order valence-electron chi connectivity index (χ1n) is 6.26. The first kappa shape index (κ1) is 14.2. The van der Waals surface area contributed by atoms with Crippen molar-refractivity contribution in [1.82, 2.24) is 0 Å². The predicted molar refractivity (Wildman–Crippen MR) is 66.5 cm³/mol. The molecular formula is C14H25N. The van der Waals surface area contributed by atoms with Crippen molar-refractivity contribution in [3.05, 3.63) is 12.2 Å². The van der Waals surface area contributed by atoms with Gasteiger partial charge in [0.05, 0.1) is 12.5 Å². The molecule has 1 heteroatoms. The molecule has 0 N–H and O–H groups in total. The van der Waals surface area contributed by atoms with Gasteiger partial charge >= 0.3 is 0 Å². The summed E-state index contributed by atoms with van der Waals surface area (Å²) in [5, 5.41) is 8.42. The Morgan fingerprint density at radius 3 is 2.53 bits per heavy atom. The van der Waals surface area contributed by atoms with Gasteiger partial charge in [0.25, 0.3) is 0 Å². The van der Waals surface area contributed by atoms with Gasteiger partial charge in [0, 0.05) is 0 Å². The maximum atomic E-state index is 8.42. The summed E-state index contributed by atoms with van der Waals surface area (Å²) >= 11 is 0. The van der Waals surface area contributed by atoms with Crippen LogP contribution in [0, 0.1) is 23.2 Å². The van der Waals surface area contributed by atoms with Crippen molar-refractivity contribution in [2.24, 2.45) is 11.8 Å². The van der Waals surface area contributed by atoms with E-state index in [2.05, 4.69) is 32.9 Å². The molecule has 0 aromatic heterocycles. The van der Waals surface area contributed by atoms with Gasteiger partial charge in [-0.15, -0.1) is 0 Å². The third-order valence-electron chi connectivity index (χ3n) is 3.06. The van der Waals surface area contributed by atoms with E-state index in [0.29, 0.717) is 12.3 Å². The topological polar surface area (TPSA) is 23.8 Å². The van der Waals surface area contributed by atoms with Crippen molar-refractivity contribution < 1.29 is 0 Å². The Labute approximate surface area is 95.2 Å². The van der Waals surface area contributed by atoms with Crippen molar-refractivity contribution in [3.8, 4) is 6.07 Å². The molecule has 0 spiro atoms. The zero-order valence-corrected chi connectivity index (χ0v) is 10.5. The van der Waals surface area contributed by atoms with Gasteiger partial charge in [-0.2, -0.15) is 5.26 Å². The number of rotatable bonds is 8. The maximum absolute atomic E-state index is 8.42. The molecule has 86 valence electrons. The molecule has 0 saturated heterocycles. The van der Waals surface area contributed by atoms with Crippen molar-refractivity contribution in [2.45, 2.75) is 59.3 Å². The van der Waals surface area contributed by atoms with Crippen LogP contribution in [0.25, 0.3) is 0 Å². The first-order valence-corrected chi connectivity index (χ1v) is 6.26. The Kier molecular flexibility index (Phi) is 9.27. The van der Waals surface area contributed by atoms with Crippen LogP contribution in [0.1, 0.15) is 59.3 Å². The largest absolute Gasteiger partial charge is 0.198 e. The number of allylic oxidation sites excluding steroid dienone is 2. The molecule has 15 heavy (non-hydrogen) atoms. The zero-order chi connectivity index (χ0) is 11.5. The number of nitriles is 1. The lowest BCUT2D eigenvalue weighted by atomic mass is 9.90. The van der Waals surface area contributed by atoms with Crippen LogP contribution < -0.4 is 0 Å². The minimum Gasteiger partial charge on any atom is -0.198 e. The first-order chi connectivity index (χ1) is 7.22. The lowest BCUT2D eigenvalue weighted by Crippen LogP contribution is -2.05. The molecule has 0 bridgehead atoms. The highest BCUT2D eigenvalue weighted by Crippen LogP contribution is 2.19. The second-order valence-electron chi connectivity index (χ2n) is 4.48. The van der Waals surface area contributed by atoms with E-state index in [1.165, 1.54) is 32.1 Å². The molecule has 0 amide bonds. The van der Waals surface area contributed by atoms with Crippen LogP contribution in [-0.4, -0.2) is 0 Å². The summed E-state index contributed by atoms with van der Waals surface area (Å²) in [4.78, 5) is 0. The molecule has 0 fully saturated rings. The number of hydrogen-bond acceptors (Lipinski definition) is 1. The van der Waals surface area contributed by atoms with Crippen molar-refractivity contribution in [2.75, 3.05) is 0 Å². The van der Waals surface area contributed by atoms with Gasteiger partial charge in [-0.05, 0) is 11.8 Å². The van der Waals surface area contributed by atoms with Crippen LogP contribution in [-0.2, 0) is 0 Å². The van der Waals surface area contributed by atoms with E-state index in [9.17, 15) is 0 Å². The van der Waals surface area contributed by atoms with Gasteiger partial charge in [0.15, 0.2) is 0 Å². The Morgan fingerprint density at radius 2 is 1.93 bits per heavy atom. The molecule has 2 unspecified atom stereocenters. The molecule has 0 saturated carbocycles. The molecule has 1 nitrogen and oxygen atoms in total. The third-order valence-corrected chi connectivity index (χ3v) is 3.06. The quantitative estimate of drug-likeness (QED) is 0.418. The highest BCUT2D eigenvalue weighted by molar-refractivity contribution is 4.94. The highest BCUT2D eigenvalue weighted by Gasteiger charge is 2.07. The van der Waals surface area contributed by atoms with Crippen LogP contribution in [0.2, 0.25) is 0 Å². The van der Waals surface area contributed by atoms with Crippen molar-refractivity contribution in [3.63, 3.8) is 0 Å². The van der Waals surface area contributed by atoms with Gasteiger partial charge in [-0.3, -0.25) is 0 Å². The molecule has 0 aliphatic heterocycles. The maximum Gasteiger partial charge on any atom is 0.0663 e. The fourth-order valence-corrected chi connectivity index (χ4v) is 1.68. The summed E-state index contributed by atoms with van der Waals surface area (Å²) < 4.78 is 0. The Balaban J connectivity index is 3.60. The molecule has 0 radical (unpaired) electrons. The fourth-order valence-electron chi connectivity index (χ4n) is 1.68. The van der Waals surface area contributed by atoms with Gasteiger partial charge in [0.1, 0.15) is 0 Å². The minimum atomic E-state index is 0.549. The summed E-state index contributed by atoms with van der Waals surface area (Å²) in [7, 11) is 0. The van der Waals surface area contributed by atoms with Crippen LogP contribution in [0.15, 0.2) is 12.2 Å². The highest BCUT2D eigenvalue weighted by atomic mass is 14.2. The molecule has 0 heterocycles. The monoisotopic (exact) mass is 207 g/mol. The number of hydrogen-bond donors (Lipinski definition) is 0. The second kappa shape index (κ2) is 9.77. The summed E-state index contributed by atoms with van der Waals surface area (Å²) in [6.45, 7) is 6.81. The molecule has 2 atom stereocenters. The molecule has 0 aliphatic rings. The van der Waals surface area contributed by atoms with E-state index in [4.69, 9.17) is 5.26 Å². The summed E-state index contributed by atoms with van der Waals surface area (Å²) in [5.41, 5.74) is 0. The standard InChI is InChI=1S/C14H25N/c1-4-5-6-7-10-13(2)14(3)11-8-9-12-15/h8,11,13-14H,4-7,9-10H2,1-3H3. The average molecular weight is 207 g/mol. The van der Waals surface area contributed by atoms with E-state index < -0.39 is 0 Å². The molecular weight excluding hydrogens is 182 g/mol. The summed E-state index contributed by atoms with van der Waals surface area (Å²) in [6, 6.07) is 2.14. The second-order valence-corrected chi connectivity index (χ2v) is 4.48. The van der Waals surface area contributed by atoms with E-state index in [0.717, 1.165) is 5.92 Å². The van der Waals surface area contributed by atoms with Crippen molar-refractivity contribution >= 4 is 0 Å². The molecule has 0 aromatic rings. The Hall–Kier alpha value is -0.770. The van der Waals surface area contributed by atoms with Gasteiger partial charge in [0.2, 0.25) is 0 Å². The smallest absolute Gasteiger partial charge is 0.0663 e. The molecule has 0 rings (SSSR count). The van der Waals surface area contributed by atoms with E-state index >= 15 is 0 Å².